The number of fused-ring (bicyclic) bond motifs is 1. The van der Waals surface area contributed by atoms with Crippen LogP contribution < -0.4 is 15.4 Å². The van der Waals surface area contributed by atoms with Crippen LogP contribution in [0.3, 0.4) is 0 Å². The molecule has 0 unspecified atom stereocenters. The number of rotatable bonds is 6. The molecule has 0 radical (unpaired) electrons. The second-order valence-electron chi connectivity index (χ2n) is 6.41. The summed E-state index contributed by atoms with van der Waals surface area (Å²) in [6, 6.07) is 7.99. The zero-order valence-electron chi connectivity index (χ0n) is 14.9. The summed E-state index contributed by atoms with van der Waals surface area (Å²) in [5.74, 6) is 2.40. The van der Waals surface area contributed by atoms with Gasteiger partial charge >= 0.3 is 0 Å². The third kappa shape index (κ3) is 3.73. The van der Waals surface area contributed by atoms with Gasteiger partial charge in [0.15, 0.2) is 0 Å². The Morgan fingerprint density at radius 1 is 1.28 bits per heavy atom. The van der Waals surface area contributed by atoms with Crippen molar-refractivity contribution in [3.05, 3.63) is 46.9 Å². The van der Waals surface area contributed by atoms with Gasteiger partial charge in [-0.15, -0.1) is 0 Å². The Morgan fingerprint density at radius 3 is 2.84 bits per heavy atom. The molecule has 0 bridgehead atoms. The van der Waals surface area contributed by atoms with Gasteiger partial charge in [0.1, 0.15) is 23.1 Å². The topological polar surface area (TPSA) is 76.1 Å². The van der Waals surface area contributed by atoms with Crippen molar-refractivity contribution in [2.45, 2.75) is 32.6 Å². The monoisotopic (exact) mass is 340 g/mol. The minimum absolute atomic E-state index is 0.113. The molecular formula is C19H24N4O2. The average molecular weight is 340 g/mol. The number of aromatic nitrogens is 2. The fourth-order valence-corrected chi connectivity index (χ4v) is 2.94. The number of benzene rings is 1. The normalized spacial score (nSPS) is 13.4. The molecule has 2 heterocycles. The molecule has 2 aromatic rings. The van der Waals surface area contributed by atoms with E-state index in [4.69, 9.17) is 4.74 Å². The first-order valence-electron chi connectivity index (χ1n) is 8.65. The zero-order valence-corrected chi connectivity index (χ0v) is 14.9. The highest BCUT2D eigenvalue weighted by Gasteiger charge is 2.24. The van der Waals surface area contributed by atoms with Gasteiger partial charge in [0.2, 0.25) is 0 Å². The van der Waals surface area contributed by atoms with Gasteiger partial charge in [0, 0.05) is 24.6 Å². The Balaban J connectivity index is 1.81. The van der Waals surface area contributed by atoms with Gasteiger partial charge in [0.25, 0.3) is 5.91 Å². The fraction of sp³-hybridized carbons (Fsp3) is 0.421. The summed E-state index contributed by atoms with van der Waals surface area (Å²) in [4.78, 5) is 21.3. The van der Waals surface area contributed by atoms with Crippen LogP contribution in [-0.2, 0) is 12.8 Å². The number of carbonyl (C=O) groups is 1. The fourth-order valence-electron chi connectivity index (χ4n) is 2.94. The van der Waals surface area contributed by atoms with Crippen molar-refractivity contribution in [1.29, 1.82) is 0 Å². The lowest BCUT2D eigenvalue weighted by Crippen LogP contribution is -2.34. The summed E-state index contributed by atoms with van der Waals surface area (Å²) in [7, 11) is 1.68. The van der Waals surface area contributed by atoms with Gasteiger partial charge in [-0.3, -0.25) is 4.79 Å². The van der Waals surface area contributed by atoms with Gasteiger partial charge < -0.3 is 15.4 Å². The standard InChI is InChI=1S/C19H24N4O2/c1-12(2)17-22-16-14(9-11-21-19(16)24)18(23-17)20-10-8-13-6-4-5-7-15(13)25-3/h4-7,12H,8-11H2,1-3H3,(H,21,24)(H,20,22,23). The third-order valence-corrected chi connectivity index (χ3v) is 4.30. The number of hydrogen-bond acceptors (Lipinski definition) is 5. The Bertz CT molecular complexity index is 774. The number of carbonyl (C=O) groups excluding carboxylic acids is 1. The highest BCUT2D eigenvalue weighted by atomic mass is 16.5. The zero-order chi connectivity index (χ0) is 17.8. The molecule has 0 saturated heterocycles. The Labute approximate surface area is 148 Å². The number of ether oxygens (including phenoxy) is 1. The number of hydrogen-bond donors (Lipinski definition) is 2. The largest absolute Gasteiger partial charge is 0.496 e. The van der Waals surface area contributed by atoms with E-state index in [0.717, 1.165) is 35.5 Å². The van der Waals surface area contributed by atoms with E-state index in [9.17, 15) is 4.79 Å². The van der Waals surface area contributed by atoms with Crippen LogP contribution in [-0.4, -0.2) is 36.1 Å². The van der Waals surface area contributed by atoms with Crippen LogP contribution in [0.1, 0.15) is 47.2 Å². The maximum absolute atomic E-state index is 12.1. The molecule has 25 heavy (non-hydrogen) atoms. The van der Waals surface area contributed by atoms with Gasteiger partial charge in [-0.25, -0.2) is 9.97 Å². The number of nitrogens with one attached hydrogen (secondary N) is 2. The van der Waals surface area contributed by atoms with Crippen molar-refractivity contribution in [3.63, 3.8) is 0 Å². The lowest BCUT2D eigenvalue weighted by atomic mass is 10.0. The second kappa shape index (κ2) is 7.51. The van der Waals surface area contributed by atoms with E-state index in [2.05, 4.69) is 26.7 Å². The molecule has 0 aliphatic carbocycles. The second-order valence-corrected chi connectivity index (χ2v) is 6.41. The summed E-state index contributed by atoms with van der Waals surface area (Å²) in [6.45, 7) is 5.39. The van der Waals surface area contributed by atoms with Crippen LogP contribution in [0.5, 0.6) is 5.75 Å². The van der Waals surface area contributed by atoms with E-state index >= 15 is 0 Å². The van der Waals surface area contributed by atoms with E-state index in [0.29, 0.717) is 24.6 Å². The van der Waals surface area contributed by atoms with Crippen molar-refractivity contribution < 1.29 is 9.53 Å². The first-order chi connectivity index (χ1) is 12.1. The van der Waals surface area contributed by atoms with Crippen molar-refractivity contribution in [2.75, 3.05) is 25.5 Å². The molecule has 6 heteroatoms. The highest BCUT2D eigenvalue weighted by Crippen LogP contribution is 2.24. The van der Waals surface area contributed by atoms with Gasteiger partial charge in [-0.1, -0.05) is 32.0 Å². The first-order valence-corrected chi connectivity index (χ1v) is 8.65. The average Bonchev–Trinajstić information content (AvgIpc) is 2.62. The number of nitrogens with zero attached hydrogens (tertiary/aromatic N) is 2. The van der Waals surface area contributed by atoms with E-state index in [-0.39, 0.29) is 11.8 Å². The summed E-state index contributed by atoms with van der Waals surface area (Å²) < 4.78 is 5.40. The molecule has 0 atom stereocenters. The van der Waals surface area contributed by atoms with Crippen molar-refractivity contribution in [3.8, 4) is 5.75 Å². The molecule has 1 aliphatic rings. The summed E-state index contributed by atoms with van der Waals surface area (Å²) in [5, 5.41) is 6.26. The molecule has 1 amide bonds. The van der Waals surface area contributed by atoms with Crippen molar-refractivity contribution in [2.24, 2.45) is 0 Å². The predicted octanol–water partition coefficient (Wildman–Crippen LogP) is 2.55. The maximum atomic E-state index is 12.1. The van der Waals surface area contributed by atoms with E-state index in [1.165, 1.54) is 0 Å². The van der Waals surface area contributed by atoms with Crippen LogP contribution in [0.25, 0.3) is 0 Å². The predicted molar refractivity (Wildman–Crippen MR) is 97.3 cm³/mol. The number of para-hydroxylation sites is 1. The number of methoxy groups -OCH3 is 1. The molecule has 0 spiro atoms. The molecule has 1 aromatic heterocycles. The SMILES string of the molecule is COc1ccccc1CCNc1nc(C(C)C)nc2c1CCNC2=O. The molecule has 1 aliphatic heterocycles. The van der Waals surface area contributed by atoms with Crippen LogP contribution >= 0.6 is 0 Å². The summed E-state index contributed by atoms with van der Waals surface area (Å²) in [6.07, 6.45) is 1.56. The Kier molecular flexibility index (Phi) is 5.16. The van der Waals surface area contributed by atoms with Crippen molar-refractivity contribution >= 4 is 11.7 Å². The van der Waals surface area contributed by atoms with Crippen LogP contribution in [0.15, 0.2) is 24.3 Å². The Hall–Kier alpha value is -2.63. The minimum Gasteiger partial charge on any atom is -0.496 e. The number of amides is 1. The number of anilines is 1. The van der Waals surface area contributed by atoms with Gasteiger partial charge in [-0.05, 0) is 24.5 Å². The van der Waals surface area contributed by atoms with Crippen LogP contribution in [0, 0.1) is 0 Å². The minimum atomic E-state index is -0.113. The molecule has 0 fully saturated rings. The molecule has 2 N–H and O–H groups in total. The third-order valence-electron chi connectivity index (χ3n) is 4.30. The smallest absolute Gasteiger partial charge is 0.270 e. The van der Waals surface area contributed by atoms with Gasteiger partial charge in [-0.2, -0.15) is 0 Å². The Morgan fingerprint density at radius 2 is 2.08 bits per heavy atom. The van der Waals surface area contributed by atoms with Crippen LogP contribution in [0.4, 0.5) is 5.82 Å². The molecular weight excluding hydrogens is 316 g/mol. The van der Waals surface area contributed by atoms with Crippen molar-refractivity contribution in [1.82, 2.24) is 15.3 Å². The van der Waals surface area contributed by atoms with Gasteiger partial charge in [0.05, 0.1) is 7.11 Å². The lowest BCUT2D eigenvalue weighted by molar-refractivity contribution is 0.0940. The van der Waals surface area contributed by atoms with E-state index in [1.807, 2.05) is 32.0 Å². The first kappa shape index (κ1) is 17.2. The maximum Gasteiger partial charge on any atom is 0.270 e. The molecule has 132 valence electrons. The quantitative estimate of drug-likeness (QED) is 0.845. The lowest BCUT2D eigenvalue weighted by Gasteiger charge is -2.21. The van der Waals surface area contributed by atoms with E-state index in [1.54, 1.807) is 7.11 Å². The van der Waals surface area contributed by atoms with Crippen LogP contribution in [0.2, 0.25) is 0 Å². The molecule has 1 aromatic carbocycles. The molecule has 6 nitrogen and oxygen atoms in total. The van der Waals surface area contributed by atoms with E-state index < -0.39 is 0 Å². The molecule has 3 rings (SSSR count). The summed E-state index contributed by atoms with van der Waals surface area (Å²) in [5.41, 5.74) is 2.56. The highest BCUT2D eigenvalue weighted by molar-refractivity contribution is 5.96. The summed E-state index contributed by atoms with van der Waals surface area (Å²) >= 11 is 0. The molecule has 0 saturated carbocycles.